The first-order chi connectivity index (χ1) is 7.79. The lowest BCUT2D eigenvalue weighted by molar-refractivity contribution is 0.172. The van der Waals surface area contributed by atoms with Gasteiger partial charge in [-0.3, -0.25) is 0 Å². The van der Waals surface area contributed by atoms with Gasteiger partial charge in [0.1, 0.15) is 5.75 Å². The molecule has 0 amide bonds. The molecule has 0 saturated heterocycles. The van der Waals surface area contributed by atoms with Crippen molar-refractivity contribution in [3.8, 4) is 5.75 Å². The second-order valence-electron chi connectivity index (χ2n) is 4.60. The Hall–Kier alpha value is -1.02. The average molecular weight is 220 g/mol. The molecule has 0 spiro atoms. The normalized spacial score (nSPS) is 17.9. The van der Waals surface area contributed by atoms with Crippen molar-refractivity contribution in [1.82, 2.24) is 0 Å². The highest BCUT2D eigenvalue weighted by molar-refractivity contribution is 5.28. The highest BCUT2D eigenvalue weighted by Crippen LogP contribution is 2.27. The Morgan fingerprint density at radius 1 is 1.31 bits per heavy atom. The Kier molecular flexibility index (Phi) is 3.83. The highest BCUT2D eigenvalue weighted by atomic mass is 16.5. The van der Waals surface area contributed by atoms with Gasteiger partial charge in [0.2, 0.25) is 0 Å². The molecule has 1 unspecified atom stereocenters. The van der Waals surface area contributed by atoms with Crippen LogP contribution in [0.5, 0.6) is 5.75 Å². The third-order valence-electron chi connectivity index (χ3n) is 3.36. The van der Waals surface area contributed by atoms with Crippen LogP contribution in [0, 0.1) is 5.92 Å². The first-order valence-corrected chi connectivity index (χ1v) is 6.20. The van der Waals surface area contributed by atoms with Gasteiger partial charge in [-0.2, -0.15) is 0 Å². The fourth-order valence-electron chi connectivity index (χ4n) is 1.90. The smallest absolute Gasteiger partial charge is 0.119 e. The topological polar surface area (TPSA) is 29.5 Å². The van der Waals surface area contributed by atoms with Crippen molar-refractivity contribution < 1.29 is 9.84 Å². The lowest BCUT2D eigenvalue weighted by Crippen LogP contribution is -2.19. The molecule has 2 heteroatoms. The molecule has 1 aliphatic carbocycles. The van der Waals surface area contributed by atoms with Crippen LogP contribution < -0.4 is 4.74 Å². The second kappa shape index (κ2) is 5.35. The molecule has 0 radical (unpaired) electrons. The van der Waals surface area contributed by atoms with E-state index in [2.05, 4.69) is 0 Å². The maximum Gasteiger partial charge on any atom is 0.119 e. The Balaban J connectivity index is 1.85. The molecule has 88 valence electrons. The van der Waals surface area contributed by atoms with E-state index >= 15 is 0 Å². The molecule has 16 heavy (non-hydrogen) atoms. The molecule has 1 aromatic rings. The van der Waals surface area contributed by atoms with Crippen molar-refractivity contribution >= 4 is 0 Å². The van der Waals surface area contributed by atoms with Crippen molar-refractivity contribution in [3.63, 3.8) is 0 Å². The minimum Gasteiger partial charge on any atom is -0.493 e. The predicted octanol–water partition coefficient (Wildman–Crippen LogP) is 3.31. The van der Waals surface area contributed by atoms with E-state index < -0.39 is 0 Å². The number of aliphatic hydroxyl groups is 1. The molecule has 1 fully saturated rings. The Morgan fingerprint density at radius 2 is 2.00 bits per heavy atom. The van der Waals surface area contributed by atoms with E-state index in [-0.39, 0.29) is 6.10 Å². The molecule has 1 atom stereocenters. The molecule has 1 aliphatic rings. The first-order valence-electron chi connectivity index (χ1n) is 6.20. The summed E-state index contributed by atoms with van der Waals surface area (Å²) < 4.78 is 5.70. The first kappa shape index (κ1) is 11.5. The second-order valence-corrected chi connectivity index (χ2v) is 4.60. The summed E-state index contributed by atoms with van der Waals surface area (Å²) in [4.78, 5) is 0. The maximum absolute atomic E-state index is 9.64. The number of ether oxygens (including phenoxy) is 1. The Bertz CT molecular complexity index is 314. The largest absolute Gasteiger partial charge is 0.493 e. The minimum absolute atomic E-state index is 0.347. The molecule has 0 aromatic heterocycles. The Labute approximate surface area is 97.3 Å². The summed E-state index contributed by atoms with van der Waals surface area (Å²) in [6, 6.07) is 7.80. The quantitative estimate of drug-likeness (QED) is 0.825. The summed E-state index contributed by atoms with van der Waals surface area (Å²) in [6.07, 6.45) is 4.39. The van der Waals surface area contributed by atoms with Crippen LogP contribution in [-0.2, 0) is 0 Å². The van der Waals surface area contributed by atoms with Gasteiger partial charge >= 0.3 is 0 Å². The zero-order valence-corrected chi connectivity index (χ0v) is 9.86. The summed E-state index contributed by atoms with van der Waals surface area (Å²) in [5.74, 6) is 1.68. The zero-order chi connectivity index (χ0) is 11.4. The summed E-state index contributed by atoms with van der Waals surface area (Å²) >= 11 is 0. The molecule has 0 heterocycles. The van der Waals surface area contributed by atoms with E-state index in [0.717, 1.165) is 30.3 Å². The van der Waals surface area contributed by atoms with Crippen LogP contribution in [0.2, 0.25) is 0 Å². The molecule has 0 aliphatic heterocycles. The molecule has 1 N–H and O–H groups in total. The van der Waals surface area contributed by atoms with Gasteiger partial charge in [0.25, 0.3) is 0 Å². The molecule has 2 rings (SSSR count). The summed E-state index contributed by atoms with van der Waals surface area (Å²) in [7, 11) is 0. The lowest BCUT2D eigenvalue weighted by Gasteiger charge is -2.25. The predicted molar refractivity (Wildman–Crippen MR) is 64.5 cm³/mol. The van der Waals surface area contributed by atoms with Crippen LogP contribution in [0.4, 0.5) is 0 Å². The molecule has 0 bridgehead atoms. The summed E-state index contributed by atoms with van der Waals surface area (Å²) in [5.41, 5.74) is 0.971. The van der Waals surface area contributed by atoms with E-state index in [1.54, 1.807) is 0 Å². The van der Waals surface area contributed by atoms with Gasteiger partial charge in [-0.25, -0.2) is 0 Å². The van der Waals surface area contributed by atoms with Crippen molar-refractivity contribution in [2.75, 3.05) is 6.61 Å². The SMILES string of the molecule is CCC(O)c1ccc(OCC2CCC2)cc1. The molecule has 1 aromatic carbocycles. The molecular weight excluding hydrogens is 200 g/mol. The van der Waals surface area contributed by atoms with E-state index in [1.807, 2.05) is 31.2 Å². The van der Waals surface area contributed by atoms with E-state index in [0.29, 0.717) is 0 Å². The average Bonchev–Trinajstić information content (AvgIpc) is 2.27. The standard InChI is InChI=1S/C14H20O2/c1-2-14(15)12-6-8-13(9-7-12)16-10-11-4-3-5-11/h6-9,11,14-15H,2-5,10H2,1H3. The van der Waals surface area contributed by atoms with Crippen LogP contribution in [-0.4, -0.2) is 11.7 Å². The third kappa shape index (κ3) is 2.76. The molecule has 2 nitrogen and oxygen atoms in total. The van der Waals surface area contributed by atoms with Gasteiger partial charge in [-0.05, 0) is 42.9 Å². The molecular formula is C14H20O2. The highest BCUT2D eigenvalue weighted by Gasteiger charge is 2.17. The van der Waals surface area contributed by atoms with Crippen LogP contribution >= 0.6 is 0 Å². The van der Waals surface area contributed by atoms with Crippen molar-refractivity contribution in [1.29, 1.82) is 0 Å². The van der Waals surface area contributed by atoms with Crippen LogP contribution in [0.3, 0.4) is 0 Å². The van der Waals surface area contributed by atoms with Crippen LogP contribution in [0.15, 0.2) is 24.3 Å². The summed E-state index contributed by atoms with van der Waals surface area (Å²) in [6.45, 7) is 2.82. The van der Waals surface area contributed by atoms with Crippen LogP contribution in [0.25, 0.3) is 0 Å². The number of hydrogen-bond donors (Lipinski definition) is 1. The number of aliphatic hydroxyl groups excluding tert-OH is 1. The van der Waals surface area contributed by atoms with Crippen LogP contribution in [0.1, 0.15) is 44.3 Å². The van der Waals surface area contributed by atoms with Gasteiger partial charge in [-0.1, -0.05) is 25.5 Å². The number of hydrogen-bond acceptors (Lipinski definition) is 2. The Morgan fingerprint density at radius 3 is 2.50 bits per heavy atom. The van der Waals surface area contributed by atoms with E-state index in [1.165, 1.54) is 19.3 Å². The van der Waals surface area contributed by atoms with Gasteiger partial charge in [0.05, 0.1) is 12.7 Å². The fraction of sp³-hybridized carbons (Fsp3) is 0.571. The lowest BCUT2D eigenvalue weighted by atomic mass is 9.86. The molecule has 1 saturated carbocycles. The number of rotatable bonds is 5. The monoisotopic (exact) mass is 220 g/mol. The minimum atomic E-state index is -0.347. The van der Waals surface area contributed by atoms with Gasteiger partial charge in [-0.15, -0.1) is 0 Å². The van der Waals surface area contributed by atoms with E-state index in [4.69, 9.17) is 4.74 Å². The number of benzene rings is 1. The zero-order valence-electron chi connectivity index (χ0n) is 9.86. The maximum atomic E-state index is 9.64. The third-order valence-corrected chi connectivity index (χ3v) is 3.36. The van der Waals surface area contributed by atoms with Crippen molar-refractivity contribution in [3.05, 3.63) is 29.8 Å². The van der Waals surface area contributed by atoms with Crippen molar-refractivity contribution in [2.45, 2.75) is 38.7 Å². The van der Waals surface area contributed by atoms with Gasteiger partial charge in [0, 0.05) is 0 Å². The fourth-order valence-corrected chi connectivity index (χ4v) is 1.90. The van der Waals surface area contributed by atoms with Gasteiger partial charge in [0.15, 0.2) is 0 Å². The van der Waals surface area contributed by atoms with Crippen molar-refractivity contribution in [2.24, 2.45) is 5.92 Å². The van der Waals surface area contributed by atoms with E-state index in [9.17, 15) is 5.11 Å². The summed E-state index contributed by atoms with van der Waals surface area (Å²) in [5, 5.41) is 9.64. The van der Waals surface area contributed by atoms with Gasteiger partial charge < -0.3 is 9.84 Å².